The Morgan fingerprint density at radius 3 is 3.00 bits per heavy atom. The van der Waals surface area contributed by atoms with Gasteiger partial charge in [-0.2, -0.15) is 0 Å². The Balaban J connectivity index is 1.85. The number of nitrogens with two attached hydrogens (primary N) is 1. The molecule has 0 bridgehead atoms. The summed E-state index contributed by atoms with van der Waals surface area (Å²) in [6.07, 6.45) is 4.01. The van der Waals surface area contributed by atoms with Gasteiger partial charge in [-0.25, -0.2) is 4.98 Å². The maximum absolute atomic E-state index is 5.88. The predicted molar refractivity (Wildman–Crippen MR) is 67.9 cm³/mol. The summed E-state index contributed by atoms with van der Waals surface area (Å²) in [6, 6.07) is 4.37. The molecule has 0 aromatic carbocycles. The molecule has 0 aliphatic carbocycles. The van der Waals surface area contributed by atoms with Crippen LogP contribution in [0.3, 0.4) is 0 Å². The number of ether oxygens (including phenoxy) is 1. The normalized spacial score (nSPS) is 20.7. The highest BCUT2D eigenvalue weighted by molar-refractivity contribution is 5.17. The molecule has 0 spiro atoms. The van der Waals surface area contributed by atoms with E-state index in [1.54, 1.807) is 0 Å². The first-order valence-corrected chi connectivity index (χ1v) is 6.33. The smallest absolute Gasteiger partial charge is 0.213 e. The Kier molecular flexibility index (Phi) is 4.34. The molecule has 1 fully saturated rings. The topological polar surface area (TPSA) is 51.4 Å². The van der Waals surface area contributed by atoms with Crippen molar-refractivity contribution in [3.63, 3.8) is 0 Å². The van der Waals surface area contributed by atoms with Gasteiger partial charge in [0.1, 0.15) is 0 Å². The second kappa shape index (κ2) is 5.98. The molecular weight excluding hydrogens is 214 g/mol. The molecule has 2 heterocycles. The number of likely N-dealkylation sites (tertiary alicyclic amines) is 1. The molecule has 1 aromatic heterocycles. The summed E-state index contributed by atoms with van der Waals surface area (Å²) in [6.45, 7) is 5.84. The van der Waals surface area contributed by atoms with E-state index in [1.165, 1.54) is 5.56 Å². The predicted octanol–water partition coefficient (Wildman–Crippen LogP) is 1.40. The third-order valence-electron chi connectivity index (χ3n) is 2.97. The maximum atomic E-state index is 5.88. The standard InChI is InChI=1S/C13H21N3O/c1-2-7-17-13-4-3-11(8-15-13)9-16-6-5-12(14)10-16/h3-4,8,12H,2,5-7,9-10,14H2,1H3. The molecule has 1 atom stereocenters. The number of hydrogen-bond donors (Lipinski definition) is 1. The Labute approximate surface area is 103 Å². The molecule has 4 nitrogen and oxygen atoms in total. The first kappa shape index (κ1) is 12.3. The van der Waals surface area contributed by atoms with Gasteiger partial charge in [-0.05, 0) is 18.4 Å². The van der Waals surface area contributed by atoms with Gasteiger partial charge in [0.2, 0.25) is 5.88 Å². The lowest BCUT2D eigenvalue weighted by Crippen LogP contribution is -2.26. The molecule has 1 aliphatic rings. The van der Waals surface area contributed by atoms with E-state index in [9.17, 15) is 0 Å². The summed E-state index contributed by atoms with van der Waals surface area (Å²) in [7, 11) is 0. The van der Waals surface area contributed by atoms with Crippen molar-refractivity contribution in [3.8, 4) is 5.88 Å². The van der Waals surface area contributed by atoms with E-state index < -0.39 is 0 Å². The second-order valence-corrected chi connectivity index (χ2v) is 4.64. The Hall–Kier alpha value is -1.13. The van der Waals surface area contributed by atoms with E-state index in [0.717, 1.165) is 39.1 Å². The number of aromatic nitrogens is 1. The van der Waals surface area contributed by atoms with Gasteiger partial charge in [-0.15, -0.1) is 0 Å². The number of hydrogen-bond acceptors (Lipinski definition) is 4. The van der Waals surface area contributed by atoms with Crippen molar-refractivity contribution in [2.24, 2.45) is 5.73 Å². The average Bonchev–Trinajstić information content (AvgIpc) is 2.74. The van der Waals surface area contributed by atoms with Crippen molar-refractivity contribution in [2.45, 2.75) is 32.4 Å². The van der Waals surface area contributed by atoms with E-state index in [2.05, 4.69) is 22.9 Å². The second-order valence-electron chi connectivity index (χ2n) is 4.64. The molecule has 0 saturated carbocycles. The maximum Gasteiger partial charge on any atom is 0.213 e. The largest absolute Gasteiger partial charge is 0.478 e. The molecule has 2 N–H and O–H groups in total. The minimum Gasteiger partial charge on any atom is -0.478 e. The zero-order valence-corrected chi connectivity index (χ0v) is 10.4. The van der Waals surface area contributed by atoms with E-state index in [1.807, 2.05) is 12.3 Å². The fourth-order valence-corrected chi connectivity index (χ4v) is 2.06. The van der Waals surface area contributed by atoms with E-state index in [-0.39, 0.29) is 0 Å². The van der Waals surface area contributed by atoms with Crippen molar-refractivity contribution in [3.05, 3.63) is 23.9 Å². The highest BCUT2D eigenvalue weighted by Gasteiger charge is 2.18. The first-order chi connectivity index (χ1) is 8.28. The van der Waals surface area contributed by atoms with E-state index in [0.29, 0.717) is 11.9 Å². The summed E-state index contributed by atoms with van der Waals surface area (Å²) >= 11 is 0. The summed E-state index contributed by atoms with van der Waals surface area (Å²) in [5, 5.41) is 0. The summed E-state index contributed by atoms with van der Waals surface area (Å²) < 4.78 is 5.45. The minimum atomic E-state index is 0.343. The lowest BCUT2D eigenvalue weighted by atomic mass is 10.2. The summed E-state index contributed by atoms with van der Waals surface area (Å²) in [4.78, 5) is 6.67. The van der Waals surface area contributed by atoms with Crippen LogP contribution in [0.1, 0.15) is 25.3 Å². The summed E-state index contributed by atoms with van der Waals surface area (Å²) in [5.41, 5.74) is 7.11. The van der Waals surface area contributed by atoms with Crippen molar-refractivity contribution in [1.82, 2.24) is 9.88 Å². The zero-order chi connectivity index (χ0) is 12.1. The van der Waals surface area contributed by atoms with Gasteiger partial charge in [-0.1, -0.05) is 13.0 Å². The fraction of sp³-hybridized carbons (Fsp3) is 0.615. The highest BCUT2D eigenvalue weighted by atomic mass is 16.5. The van der Waals surface area contributed by atoms with Gasteiger partial charge in [0.05, 0.1) is 6.61 Å². The number of nitrogens with zero attached hydrogens (tertiary/aromatic N) is 2. The van der Waals surface area contributed by atoms with Gasteiger partial charge >= 0.3 is 0 Å². The molecule has 17 heavy (non-hydrogen) atoms. The van der Waals surface area contributed by atoms with Crippen molar-refractivity contribution < 1.29 is 4.74 Å². The molecule has 1 saturated heterocycles. The van der Waals surface area contributed by atoms with Gasteiger partial charge in [0.25, 0.3) is 0 Å². The first-order valence-electron chi connectivity index (χ1n) is 6.33. The van der Waals surface area contributed by atoms with Gasteiger partial charge < -0.3 is 10.5 Å². The van der Waals surface area contributed by atoms with E-state index >= 15 is 0 Å². The van der Waals surface area contributed by atoms with Crippen molar-refractivity contribution >= 4 is 0 Å². The molecule has 1 aromatic rings. The van der Waals surface area contributed by atoms with Crippen LogP contribution in [0.4, 0.5) is 0 Å². The third-order valence-corrected chi connectivity index (χ3v) is 2.97. The SMILES string of the molecule is CCCOc1ccc(CN2CCC(N)C2)cn1. The molecule has 4 heteroatoms. The van der Waals surface area contributed by atoms with Crippen LogP contribution in [0.15, 0.2) is 18.3 Å². The lowest BCUT2D eigenvalue weighted by Gasteiger charge is -2.14. The molecule has 1 aliphatic heterocycles. The van der Waals surface area contributed by atoms with Gasteiger partial charge in [0, 0.05) is 37.9 Å². The van der Waals surface area contributed by atoms with Crippen LogP contribution in [0.2, 0.25) is 0 Å². The van der Waals surface area contributed by atoms with Crippen LogP contribution in [0.25, 0.3) is 0 Å². The molecule has 2 rings (SSSR count). The molecular formula is C13H21N3O. The van der Waals surface area contributed by atoms with Crippen molar-refractivity contribution in [1.29, 1.82) is 0 Å². The Morgan fingerprint density at radius 1 is 1.53 bits per heavy atom. The average molecular weight is 235 g/mol. The van der Waals surface area contributed by atoms with Crippen molar-refractivity contribution in [2.75, 3.05) is 19.7 Å². The fourth-order valence-electron chi connectivity index (χ4n) is 2.06. The Morgan fingerprint density at radius 2 is 2.41 bits per heavy atom. The zero-order valence-electron chi connectivity index (χ0n) is 10.4. The third kappa shape index (κ3) is 3.68. The molecule has 94 valence electrons. The molecule has 1 unspecified atom stereocenters. The molecule has 0 radical (unpaired) electrons. The lowest BCUT2D eigenvalue weighted by molar-refractivity contribution is 0.303. The Bertz CT molecular complexity index is 339. The molecule has 0 amide bonds. The van der Waals surface area contributed by atoms with E-state index in [4.69, 9.17) is 10.5 Å². The van der Waals surface area contributed by atoms with Crippen LogP contribution in [-0.2, 0) is 6.54 Å². The van der Waals surface area contributed by atoms with Crippen LogP contribution in [0.5, 0.6) is 5.88 Å². The van der Waals surface area contributed by atoms with Crippen LogP contribution < -0.4 is 10.5 Å². The summed E-state index contributed by atoms with van der Waals surface area (Å²) in [5.74, 6) is 0.716. The minimum absolute atomic E-state index is 0.343. The number of pyridine rings is 1. The quantitative estimate of drug-likeness (QED) is 0.838. The van der Waals surface area contributed by atoms with Crippen LogP contribution in [0, 0.1) is 0 Å². The van der Waals surface area contributed by atoms with Gasteiger partial charge in [-0.3, -0.25) is 4.90 Å². The van der Waals surface area contributed by atoms with Gasteiger partial charge in [0.15, 0.2) is 0 Å². The van der Waals surface area contributed by atoms with Crippen LogP contribution >= 0.6 is 0 Å². The monoisotopic (exact) mass is 235 g/mol. The van der Waals surface area contributed by atoms with Crippen LogP contribution in [-0.4, -0.2) is 35.6 Å². The number of rotatable bonds is 5. The highest BCUT2D eigenvalue weighted by Crippen LogP contribution is 2.13.